The fraction of sp³-hybridized carbons (Fsp3) is 0.533. The highest BCUT2D eigenvalue weighted by Gasteiger charge is 2.26. The fourth-order valence-electron chi connectivity index (χ4n) is 2.11. The number of halogens is 2. The van der Waals surface area contributed by atoms with Crippen LogP contribution in [0.5, 0.6) is 0 Å². The molecular formula is C15H20Cl2N2O. The lowest BCUT2D eigenvalue weighted by Crippen LogP contribution is -2.41. The maximum Gasteiger partial charge on any atom is 0.317 e. The topological polar surface area (TPSA) is 32.3 Å². The second kappa shape index (κ2) is 7.19. The van der Waals surface area contributed by atoms with Crippen molar-refractivity contribution >= 4 is 29.2 Å². The molecule has 1 aliphatic rings. The summed E-state index contributed by atoms with van der Waals surface area (Å²) in [6.07, 6.45) is 3.47. The first kappa shape index (κ1) is 15.5. The van der Waals surface area contributed by atoms with Crippen LogP contribution < -0.4 is 5.32 Å². The highest BCUT2D eigenvalue weighted by molar-refractivity contribution is 6.35. The fourth-order valence-corrected chi connectivity index (χ4v) is 2.58. The molecule has 0 aromatic heterocycles. The normalized spacial score (nSPS) is 14.2. The molecule has 2 amide bonds. The van der Waals surface area contributed by atoms with Gasteiger partial charge in [0.1, 0.15) is 0 Å². The number of carbonyl (C=O) groups excluding carboxylic acids is 1. The van der Waals surface area contributed by atoms with Gasteiger partial charge in [-0.1, -0.05) is 36.2 Å². The Labute approximate surface area is 130 Å². The highest BCUT2D eigenvalue weighted by atomic mass is 35.5. The Morgan fingerprint density at radius 2 is 2.15 bits per heavy atom. The van der Waals surface area contributed by atoms with Crippen LogP contribution in [0.3, 0.4) is 0 Å². The predicted octanol–water partition coefficient (Wildman–Crippen LogP) is 4.33. The first-order valence-corrected chi connectivity index (χ1v) is 7.82. The second-order valence-corrected chi connectivity index (χ2v) is 6.13. The zero-order valence-electron chi connectivity index (χ0n) is 11.7. The van der Waals surface area contributed by atoms with Crippen LogP contribution in [0, 0.1) is 5.92 Å². The third-order valence-electron chi connectivity index (χ3n) is 3.40. The van der Waals surface area contributed by atoms with Gasteiger partial charge >= 0.3 is 6.03 Å². The average molecular weight is 315 g/mol. The largest absolute Gasteiger partial charge is 0.334 e. The molecule has 0 saturated heterocycles. The molecule has 110 valence electrons. The van der Waals surface area contributed by atoms with E-state index in [-0.39, 0.29) is 6.03 Å². The van der Waals surface area contributed by atoms with E-state index in [0.29, 0.717) is 22.5 Å². The molecule has 0 unspecified atom stereocenters. The van der Waals surface area contributed by atoms with E-state index in [1.54, 1.807) is 12.1 Å². The smallest absolute Gasteiger partial charge is 0.317 e. The molecule has 0 atom stereocenters. The van der Waals surface area contributed by atoms with Crippen molar-refractivity contribution in [1.29, 1.82) is 0 Å². The molecule has 20 heavy (non-hydrogen) atoms. The Hall–Kier alpha value is -0.930. The number of hydrogen-bond donors (Lipinski definition) is 1. The van der Waals surface area contributed by atoms with E-state index >= 15 is 0 Å². The maximum absolute atomic E-state index is 12.2. The van der Waals surface area contributed by atoms with Gasteiger partial charge in [0.25, 0.3) is 0 Å². The van der Waals surface area contributed by atoms with Crippen molar-refractivity contribution in [3.05, 3.63) is 33.8 Å². The predicted molar refractivity (Wildman–Crippen MR) is 83.3 cm³/mol. The number of rotatable bonds is 6. The third kappa shape index (κ3) is 4.57. The van der Waals surface area contributed by atoms with Gasteiger partial charge in [0, 0.05) is 29.7 Å². The summed E-state index contributed by atoms with van der Waals surface area (Å²) < 4.78 is 0. The first-order chi connectivity index (χ1) is 9.60. The number of nitrogens with one attached hydrogen (secondary N) is 1. The Balaban J connectivity index is 1.88. The summed E-state index contributed by atoms with van der Waals surface area (Å²) in [7, 11) is 0. The van der Waals surface area contributed by atoms with E-state index in [9.17, 15) is 4.79 Å². The minimum atomic E-state index is -0.00948. The third-order valence-corrected chi connectivity index (χ3v) is 3.99. The van der Waals surface area contributed by atoms with Crippen LogP contribution in [0.25, 0.3) is 0 Å². The van der Waals surface area contributed by atoms with E-state index in [1.807, 2.05) is 11.0 Å². The van der Waals surface area contributed by atoms with Crippen LogP contribution >= 0.6 is 23.2 Å². The maximum atomic E-state index is 12.2. The number of carbonyl (C=O) groups is 1. The van der Waals surface area contributed by atoms with Crippen LogP contribution in [0.15, 0.2) is 18.2 Å². The van der Waals surface area contributed by atoms with Gasteiger partial charge in [0.05, 0.1) is 0 Å². The van der Waals surface area contributed by atoms with Gasteiger partial charge in [-0.05, 0) is 42.9 Å². The van der Waals surface area contributed by atoms with Crippen molar-refractivity contribution < 1.29 is 4.79 Å². The molecule has 1 aromatic carbocycles. The molecule has 1 N–H and O–H groups in total. The van der Waals surface area contributed by atoms with Crippen LogP contribution in [0.4, 0.5) is 4.79 Å². The molecule has 5 heteroatoms. The minimum absolute atomic E-state index is 0.00948. The molecule has 1 saturated carbocycles. The number of amides is 2. The van der Waals surface area contributed by atoms with Gasteiger partial charge < -0.3 is 10.2 Å². The molecule has 1 fully saturated rings. The van der Waals surface area contributed by atoms with Crippen LogP contribution in [0.2, 0.25) is 10.0 Å². The molecule has 0 bridgehead atoms. The number of benzene rings is 1. The Morgan fingerprint density at radius 1 is 1.40 bits per heavy atom. The van der Waals surface area contributed by atoms with Gasteiger partial charge in [0.2, 0.25) is 0 Å². The molecule has 1 aliphatic carbocycles. The second-order valence-electron chi connectivity index (χ2n) is 5.28. The first-order valence-electron chi connectivity index (χ1n) is 7.07. The van der Waals surface area contributed by atoms with Crippen LogP contribution in [0.1, 0.15) is 31.7 Å². The van der Waals surface area contributed by atoms with E-state index in [0.717, 1.165) is 25.1 Å². The van der Waals surface area contributed by atoms with Crippen molar-refractivity contribution in [2.75, 3.05) is 13.1 Å². The van der Waals surface area contributed by atoms with Gasteiger partial charge in [0.15, 0.2) is 0 Å². The van der Waals surface area contributed by atoms with Crippen LogP contribution in [-0.2, 0) is 6.54 Å². The molecule has 1 aromatic rings. The van der Waals surface area contributed by atoms with Crippen molar-refractivity contribution in [2.45, 2.75) is 32.7 Å². The summed E-state index contributed by atoms with van der Waals surface area (Å²) in [5.74, 6) is 0.700. The van der Waals surface area contributed by atoms with Crippen molar-refractivity contribution in [2.24, 2.45) is 5.92 Å². The van der Waals surface area contributed by atoms with Gasteiger partial charge in [-0.3, -0.25) is 0 Å². The standard InChI is InChI=1S/C15H20Cl2N2O/c1-2-7-19(10-11-3-4-11)15(20)18-9-12-5-6-13(16)8-14(12)17/h5-6,8,11H,2-4,7,9-10H2,1H3,(H,18,20). The summed E-state index contributed by atoms with van der Waals surface area (Å²) in [6, 6.07) is 5.31. The van der Waals surface area contributed by atoms with Gasteiger partial charge in [-0.15, -0.1) is 0 Å². The summed E-state index contributed by atoms with van der Waals surface area (Å²) in [4.78, 5) is 14.1. The molecule has 0 radical (unpaired) electrons. The molecule has 0 aliphatic heterocycles. The molecule has 0 heterocycles. The number of urea groups is 1. The zero-order valence-corrected chi connectivity index (χ0v) is 13.2. The van der Waals surface area contributed by atoms with Gasteiger partial charge in [-0.25, -0.2) is 4.79 Å². The summed E-state index contributed by atoms with van der Waals surface area (Å²) in [6.45, 7) is 4.19. The van der Waals surface area contributed by atoms with Crippen molar-refractivity contribution in [1.82, 2.24) is 10.2 Å². The van der Waals surface area contributed by atoms with E-state index < -0.39 is 0 Å². The Morgan fingerprint density at radius 3 is 2.75 bits per heavy atom. The lowest BCUT2D eigenvalue weighted by atomic mass is 10.2. The van der Waals surface area contributed by atoms with Crippen molar-refractivity contribution in [3.63, 3.8) is 0 Å². The van der Waals surface area contributed by atoms with Gasteiger partial charge in [-0.2, -0.15) is 0 Å². The van der Waals surface area contributed by atoms with E-state index in [2.05, 4.69) is 12.2 Å². The summed E-state index contributed by atoms with van der Waals surface area (Å²) >= 11 is 12.0. The lowest BCUT2D eigenvalue weighted by molar-refractivity contribution is 0.195. The summed E-state index contributed by atoms with van der Waals surface area (Å²) in [5, 5.41) is 4.13. The Kier molecular flexibility index (Phi) is 5.55. The molecule has 2 rings (SSSR count). The number of nitrogens with zero attached hydrogens (tertiary/aromatic N) is 1. The van der Waals surface area contributed by atoms with Crippen molar-refractivity contribution in [3.8, 4) is 0 Å². The number of hydrogen-bond acceptors (Lipinski definition) is 1. The Bertz CT molecular complexity index is 475. The molecular weight excluding hydrogens is 295 g/mol. The summed E-state index contributed by atoms with van der Waals surface area (Å²) in [5.41, 5.74) is 0.882. The highest BCUT2D eigenvalue weighted by Crippen LogP contribution is 2.29. The zero-order chi connectivity index (χ0) is 14.5. The average Bonchev–Trinajstić information content (AvgIpc) is 3.21. The van der Waals surface area contributed by atoms with E-state index in [1.165, 1.54) is 12.8 Å². The monoisotopic (exact) mass is 314 g/mol. The molecule has 3 nitrogen and oxygen atoms in total. The lowest BCUT2D eigenvalue weighted by Gasteiger charge is -2.22. The minimum Gasteiger partial charge on any atom is -0.334 e. The van der Waals surface area contributed by atoms with E-state index in [4.69, 9.17) is 23.2 Å². The quantitative estimate of drug-likeness (QED) is 0.833. The SMILES string of the molecule is CCCN(CC1CC1)C(=O)NCc1ccc(Cl)cc1Cl. The van der Waals surface area contributed by atoms with Crippen LogP contribution in [-0.4, -0.2) is 24.0 Å². The molecule has 0 spiro atoms.